The fraction of sp³-hybridized carbons (Fsp3) is 0. The molecule has 0 unspecified atom stereocenters. The van der Waals surface area contributed by atoms with Crippen molar-refractivity contribution in [2.45, 2.75) is 0 Å². The molecule has 0 atom stereocenters. The second kappa shape index (κ2) is 2.98. The van der Waals surface area contributed by atoms with Crippen molar-refractivity contribution in [2.24, 2.45) is 0 Å². The molecule has 0 amide bonds. The van der Waals surface area contributed by atoms with E-state index in [1.807, 2.05) is 0 Å². The maximum absolute atomic E-state index is 10.6. The first-order valence-electron chi connectivity index (χ1n) is 3.57. The minimum absolute atomic E-state index is 0.475. The van der Waals surface area contributed by atoms with E-state index in [4.69, 9.17) is 12.2 Å². The van der Waals surface area contributed by atoms with Crippen LogP contribution in [-0.4, -0.2) is 26.0 Å². The van der Waals surface area contributed by atoms with Gasteiger partial charge in [-0.2, -0.15) is 5.10 Å². The van der Waals surface area contributed by atoms with Crippen molar-refractivity contribution < 1.29 is 4.79 Å². The van der Waals surface area contributed by atoms with Crippen LogP contribution in [0.15, 0.2) is 18.6 Å². The van der Waals surface area contributed by atoms with E-state index >= 15 is 0 Å². The van der Waals surface area contributed by atoms with Crippen LogP contribution in [0.5, 0.6) is 0 Å². The van der Waals surface area contributed by atoms with Gasteiger partial charge in [0.05, 0.1) is 11.9 Å². The van der Waals surface area contributed by atoms with Gasteiger partial charge in [-0.3, -0.25) is 14.5 Å². The molecule has 6 heteroatoms. The van der Waals surface area contributed by atoms with Gasteiger partial charge in [0, 0.05) is 12.4 Å². The van der Waals surface area contributed by atoms with E-state index in [0.29, 0.717) is 10.5 Å². The fourth-order valence-corrected chi connectivity index (χ4v) is 1.37. The van der Waals surface area contributed by atoms with Crippen molar-refractivity contribution in [1.82, 2.24) is 19.7 Å². The number of carbonyl (C=O) groups is 1. The minimum Gasteiger partial charge on any atom is -0.336 e. The zero-order valence-corrected chi connectivity index (χ0v) is 7.34. The van der Waals surface area contributed by atoms with Crippen LogP contribution in [-0.2, 0) is 0 Å². The largest absolute Gasteiger partial charge is 0.336 e. The summed E-state index contributed by atoms with van der Waals surface area (Å²) >= 11 is 4.99. The Labute approximate surface area is 78.4 Å². The molecular formula is C7H6N4OS. The minimum atomic E-state index is 0.475. The summed E-state index contributed by atoms with van der Waals surface area (Å²) in [6.45, 7) is 0. The SMILES string of the molecule is O=Cc1c[nH]c(=S)n1-c1cn[nH]c1. The zero-order valence-electron chi connectivity index (χ0n) is 6.52. The standard InChI is InChI=1S/C7H6N4OS/c12-4-6-1-8-7(13)11(6)5-2-9-10-3-5/h1-4H,(H,8,13)(H,9,10). The second-order valence-electron chi connectivity index (χ2n) is 2.43. The summed E-state index contributed by atoms with van der Waals surface area (Å²) in [5.74, 6) is 0. The Morgan fingerprint density at radius 2 is 2.38 bits per heavy atom. The van der Waals surface area contributed by atoms with Gasteiger partial charge in [0.25, 0.3) is 0 Å². The predicted molar refractivity (Wildman–Crippen MR) is 48.5 cm³/mol. The van der Waals surface area contributed by atoms with Crippen LogP contribution in [0.1, 0.15) is 10.5 Å². The molecule has 2 aromatic heterocycles. The molecule has 0 saturated heterocycles. The molecule has 2 N–H and O–H groups in total. The molecule has 13 heavy (non-hydrogen) atoms. The van der Waals surface area contributed by atoms with Gasteiger partial charge >= 0.3 is 0 Å². The molecule has 66 valence electrons. The highest BCUT2D eigenvalue weighted by atomic mass is 32.1. The molecule has 0 aliphatic carbocycles. The monoisotopic (exact) mass is 194 g/mol. The van der Waals surface area contributed by atoms with Crippen LogP contribution in [0.3, 0.4) is 0 Å². The third kappa shape index (κ3) is 1.20. The summed E-state index contributed by atoms with van der Waals surface area (Å²) in [6, 6.07) is 0. The van der Waals surface area contributed by atoms with Gasteiger partial charge in [-0.25, -0.2) is 0 Å². The highest BCUT2D eigenvalue weighted by molar-refractivity contribution is 7.71. The Kier molecular flexibility index (Phi) is 1.82. The molecule has 5 nitrogen and oxygen atoms in total. The number of rotatable bonds is 2. The van der Waals surface area contributed by atoms with E-state index in [2.05, 4.69) is 15.2 Å². The van der Waals surface area contributed by atoms with Gasteiger partial charge in [-0.1, -0.05) is 0 Å². The van der Waals surface area contributed by atoms with E-state index in [-0.39, 0.29) is 0 Å². The van der Waals surface area contributed by atoms with Crippen molar-refractivity contribution in [3.8, 4) is 5.69 Å². The number of hydrogen-bond donors (Lipinski definition) is 2. The lowest BCUT2D eigenvalue weighted by Crippen LogP contribution is -1.97. The van der Waals surface area contributed by atoms with Crippen LogP contribution in [0.4, 0.5) is 0 Å². The Morgan fingerprint density at radius 3 is 3.00 bits per heavy atom. The third-order valence-electron chi connectivity index (χ3n) is 1.67. The first kappa shape index (κ1) is 7.93. The average molecular weight is 194 g/mol. The van der Waals surface area contributed by atoms with Crippen molar-refractivity contribution in [2.75, 3.05) is 0 Å². The van der Waals surface area contributed by atoms with Crippen LogP contribution in [0.25, 0.3) is 5.69 Å². The van der Waals surface area contributed by atoms with Crippen molar-refractivity contribution in [1.29, 1.82) is 0 Å². The zero-order chi connectivity index (χ0) is 9.26. The van der Waals surface area contributed by atoms with E-state index < -0.39 is 0 Å². The molecule has 0 aliphatic heterocycles. The molecule has 2 aromatic rings. The Morgan fingerprint density at radius 1 is 1.54 bits per heavy atom. The molecule has 0 fully saturated rings. The Bertz CT molecular complexity index is 467. The fourth-order valence-electron chi connectivity index (χ4n) is 1.10. The average Bonchev–Trinajstić information content (AvgIpc) is 2.72. The van der Waals surface area contributed by atoms with E-state index in [1.54, 1.807) is 23.2 Å². The molecular weight excluding hydrogens is 188 g/mol. The molecule has 2 heterocycles. The van der Waals surface area contributed by atoms with Crippen LogP contribution >= 0.6 is 12.2 Å². The first-order chi connectivity index (χ1) is 6.33. The molecule has 0 radical (unpaired) electrons. The van der Waals surface area contributed by atoms with E-state index in [9.17, 15) is 4.79 Å². The lowest BCUT2D eigenvalue weighted by molar-refractivity contribution is 0.111. The number of carbonyl (C=O) groups excluding carboxylic acids is 1. The van der Waals surface area contributed by atoms with Gasteiger partial charge < -0.3 is 4.98 Å². The normalized spacial score (nSPS) is 10.2. The van der Waals surface area contributed by atoms with Gasteiger partial charge in [-0.15, -0.1) is 0 Å². The van der Waals surface area contributed by atoms with Crippen LogP contribution in [0.2, 0.25) is 0 Å². The first-order valence-corrected chi connectivity index (χ1v) is 3.98. The number of aromatic amines is 2. The quantitative estimate of drug-likeness (QED) is 0.555. The molecule has 0 saturated carbocycles. The van der Waals surface area contributed by atoms with Gasteiger partial charge in [-0.05, 0) is 12.2 Å². The molecule has 0 bridgehead atoms. The Balaban J connectivity index is 2.69. The number of imidazole rings is 1. The smallest absolute Gasteiger partial charge is 0.182 e. The number of aromatic nitrogens is 4. The van der Waals surface area contributed by atoms with Gasteiger partial charge in [0.15, 0.2) is 11.1 Å². The third-order valence-corrected chi connectivity index (χ3v) is 1.97. The molecule has 2 rings (SSSR count). The highest BCUT2D eigenvalue weighted by Gasteiger charge is 2.05. The summed E-state index contributed by atoms with van der Waals surface area (Å²) in [5, 5.41) is 6.42. The van der Waals surface area contributed by atoms with Crippen molar-refractivity contribution in [3.05, 3.63) is 29.1 Å². The molecule has 0 spiro atoms. The predicted octanol–water partition coefficient (Wildman–Crippen LogP) is 1.07. The van der Waals surface area contributed by atoms with Gasteiger partial charge in [0.2, 0.25) is 0 Å². The highest BCUT2D eigenvalue weighted by Crippen LogP contribution is 2.08. The summed E-state index contributed by atoms with van der Waals surface area (Å²) in [4.78, 5) is 13.4. The number of nitrogens with zero attached hydrogens (tertiary/aromatic N) is 2. The van der Waals surface area contributed by atoms with E-state index in [0.717, 1.165) is 12.0 Å². The summed E-state index contributed by atoms with van der Waals surface area (Å²) in [6.07, 6.45) is 5.55. The maximum atomic E-state index is 10.6. The summed E-state index contributed by atoms with van der Waals surface area (Å²) in [5.41, 5.74) is 1.22. The van der Waals surface area contributed by atoms with Crippen LogP contribution < -0.4 is 0 Å². The molecule has 0 aliphatic rings. The lowest BCUT2D eigenvalue weighted by Gasteiger charge is -1.97. The molecule has 0 aromatic carbocycles. The van der Waals surface area contributed by atoms with Crippen LogP contribution in [0, 0.1) is 4.77 Å². The summed E-state index contributed by atoms with van der Waals surface area (Å²) in [7, 11) is 0. The second-order valence-corrected chi connectivity index (χ2v) is 2.82. The topological polar surface area (TPSA) is 66.5 Å². The van der Waals surface area contributed by atoms with Crippen molar-refractivity contribution in [3.63, 3.8) is 0 Å². The number of hydrogen-bond acceptors (Lipinski definition) is 3. The number of H-pyrrole nitrogens is 2. The summed E-state index contributed by atoms with van der Waals surface area (Å²) < 4.78 is 2.08. The number of nitrogens with one attached hydrogen (secondary N) is 2. The van der Waals surface area contributed by atoms with Crippen molar-refractivity contribution >= 4 is 18.5 Å². The van der Waals surface area contributed by atoms with Gasteiger partial charge in [0.1, 0.15) is 5.69 Å². The Hall–Kier alpha value is -1.69. The maximum Gasteiger partial charge on any atom is 0.182 e. The number of aldehydes is 1. The van der Waals surface area contributed by atoms with E-state index in [1.165, 1.54) is 0 Å². The lowest BCUT2D eigenvalue weighted by atomic mass is 10.4.